The first-order chi connectivity index (χ1) is 9.61. The van der Waals surface area contributed by atoms with Crippen LogP contribution in [-0.4, -0.2) is 6.54 Å². The lowest BCUT2D eigenvalue weighted by molar-refractivity contribution is 0.527. The molecule has 0 fully saturated rings. The third kappa shape index (κ3) is 3.68. The summed E-state index contributed by atoms with van der Waals surface area (Å²) in [6, 6.07) is 5.39. The normalized spacial score (nSPS) is 12.6. The third-order valence-corrected chi connectivity index (χ3v) is 4.52. The van der Waals surface area contributed by atoms with Crippen LogP contribution < -0.4 is 5.32 Å². The van der Waals surface area contributed by atoms with E-state index in [0.717, 1.165) is 24.9 Å². The Kier molecular flexibility index (Phi) is 5.32. The zero-order valence-corrected chi connectivity index (χ0v) is 13.2. The SMILES string of the molecule is CCCNC(Cc1ccc(F)cc1C)c1cscc1C. The predicted molar refractivity (Wildman–Crippen MR) is 84.9 cm³/mol. The average molecular weight is 291 g/mol. The second kappa shape index (κ2) is 7.00. The van der Waals surface area contributed by atoms with Crippen molar-refractivity contribution in [3.63, 3.8) is 0 Å². The molecule has 2 aromatic rings. The van der Waals surface area contributed by atoms with Crippen LogP contribution in [0.25, 0.3) is 0 Å². The van der Waals surface area contributed by atoms with Gasteiger partial charge in [0.1, 0.15) is 5.82 Å². The van der Waals surface area contributed by atoms with Gasteiger partial charge in [-0.2, -0.15) is 11.3 Å². The fourth-order valence-corrected chi connectivity index (χ4v) is 3.35. The van der Waals surface area contributed by atoms with Crippen LogP contribution in [0.5, 0.6) is 0 Å². The number of benzene rings is 1. The molecule has 1 aromatic heterocycles. The maximum Gasteiger partial charge on any atom is 0.123 e. The highest BCUT2D eigenvalue weighted by atomic mass is 32.1. The van der Waals surface area contributed by atoms with Gasteiger partial charge >= 0.3 is 0 Å². The molecule has 1 heterocycles. The molecule has 2 rings (SSSR count). The summed E-state index contributed by atoms with van der Waals surface area (Å²) in [5.74, 6) is -0.156. The second-order valence-corrected chi connectivity index (χ2v) is 6.04. The van der Waals surface area contributed by atoms with Crippen molar-refractivity contribution in [1.29, 1.82) is 0 Å². The molecule has 0 spiro atoms. The van der Waals surface area contributed by atoms with Gasteiger partial charge in [0.2, 0.25) is 0 Å². The maximum atomic E-state index is 13.2. The molecule has 3 heteroatoms. The molecule has 0 aliphatic rings. The van der Waals surface area contributed by atoms with Gasteiger partial charge in [0.15, 0.2) is 0 Å². The molecule has 20 heavy (non-hydrogen) atoms. The Morgan fingerprint density at radius 1 is 1.20 bits per heavy atom. The van der Waals surface area contributed by atoms with E-state index in [1.54, 1.807) is 23.5 Å². The Bertz CT molecular complexity index is 562. The number of hydrogen-bond donors (Lipinski definition) is 1. The number of halogens is 1. The molecule has 1 nitrogen and oxygen atoms in total. The van der Waals surface area contributed by atoms with Crippen LogP contribution in [0.1, 0.15) is 41.6 Å². The first-order valence-corrected chi connectivity index (χ1v) is 8.07. The zero-order chi connectivity index (χ0) is 14.5. The molecule has 0 radical (unpaired) electrons. The molecule has 0 saturated heterocycles. The minimum Gasteiger partial charge on any atom is -0.310 e. The molecule has 0 saturated carbocycles. The Morgan fingerprint density at radius 2 is 2.00 bits per heavy atom. The molecule has 0 aliphatic carbocycles. The number of nitrogens with one attached hydrogen (secondary N) is 1. The van der Waals surface area contributed by atoms with E-state index in [1.807, 2.05) is 13.0 Å². The fourth-order valence-electron chi connectivity index (χ4n) is 2.45. The fraction of sp³-hybridized carbons (Fsp3) is 0.412. The lowest BCUT2D eigenvalue weighted by Gasteiger charge is -2.20. The van der Waals surface area contributed by atoms with Crippen molar-refractivity contribution >= 4 is 11.3 Å². The van der Waals surface area contributed by atoms with E-state index in [0.29, 0.717) is 6.04 Å². The Morgan fingerprint density at radius 3 is 2.60 bits per heavy atom. The van der Waals surface area contributed by atoms with E-state index in [1.165, 1.54) is 16.7 Å². The van der Waals surface area contributed by atoms with E-state index in [-0.39, 0.29) is 5.82 Å². The van der Waals surface area contributed by atoms with E-state index >= 15 is 0 Å². The Labute approximate surface area is 124 Å². The molecule has 108 valence electrons. The van der Waals surface area contributed by atoms with Crippen LogP contribution in [0, 0.1) is 19.7 Å². The van der Waals surface area contributed by atoms with Crippen LogP contribution >= 0.6 is 11.3 Å². The number of thiophene rings is 1. The van der Waals surface area contributed by atoms with Crippen molar-refractivity contribution in [1.82, 2.24) is 5.32 Å². The molecule has 1 unspecified atom stereocenters. The summed E-state index contributed by atoms with van der Waals surface area (Å²) in [6.07, 6.45) is 2.02. The van der Waals surface area contributed by atoms with Gasteiger partial charge in [-0.25, -0.2) is 4.39 Å². The van der Waals surface area contributed by atoms with E-state index < -0.39 is 0 Å². The third-order valence-electron chi connectivity index (χ3n) is 3.64. The van der Waals surface area contributed by atoms with Gasteiger partial charge in [0, 0.05) is 6.04 Å². The maximum absolute atomic E-state index is 13.2. The van der Waals surface area contributed by atoms with E-state index in [9.17, 15) is 4.39 Å². The van der Waals surface area contributed by atoms with Crippen molar-refractivity contribution in [2.24, 2.45) is 0 Å². The molecular formula is C17H22FNS. The van der Waals surface area contributed by atoms with Gasteiger partial charge < -0.3 is 5.32 Å². The van der Waals surface area contributed by atoms with E-state index in [4.69, 9.17) is 0 Å². The smallest absolute Gasteiger partial charge is 0.123 e. The standard InChI is InChI=1S/C17H22FNS/c1-4-7-19-17(16-11-20-10-13(16)3)9-14-5-6-15(18)8-12(14)2/h5-6,8,10-11,17,19H,4,7,9H2,1-3H3. The monoisotopic (exact) mass is 291 g/mol. The van der Waals surface area contributed by atoms with Crippen molar-refractivity contribution in [3.8, 4) is 0 Å². The van der Waals surface area contributed by atoms with Gasteiger partial charge in [-0.1, -0.05) is 13.0 Å². The van der Waals surface area contributed by atoms with Gasteiger partial charge in [-0.05, 0) is 78.4 Å². The predicted octanol–water partition coefficient (Wildman–Crippen LogP) is 4.79. The first kappa shape index (κ1) is 15.2. The summed E-state index contributed by atoms with van der Waals surface area (Å²) in [5, 5.41) is 8.03. The summed E-state index contributed by atoms with van der Waals surface area (Å²) in [7, 11) is 0. The van der Waals surface area contributed by atoms with Crippen LogP contribution in [0.4, 0.5) is 4.39 Å². The van der Waals surface area contributed by atoms with Crippen LogP contribution in [0.2, 0.25) is 0 Å². The molecule has 1 N–H and O–H groups in total. The van der Waals surface area contributed by atoms with Gasteiger partial charge in [-0.15, -0.1) is 0 Å². The summed E-state index contributed by atoms with van der Waals surface area (Å²) in [5.41, 5.74) is 4.95. The molecule has 1 atom stereocenters. The molecule has 0 bridgehead atoms. The van der Waals surface area contributed by atoms with Crippen LogP contribution in [0.3, 0.4) is 0 Å². The highest BCUT2D eigenvalue weighted by Crippen LogP contribution is 2.26. The van der Waals surface area contributed by atoms with Gasteiger partial charge in [0.05, 0.1) is 0 Å². The number of rotatable bonds is 6. The van der Waals surface area contributed by atoms with Gasteiger partial charge in [-0.3, -0.25) is 0 Å². The van der Waals surface area contributed by atoms with E-state index in [2.05, 4.69) is 29.9 Å². The van der Waals surface area contributed by atoms with Crippen molar-refractivity contribution < 1.29 is 4.39 Å². The van der Waals surface area contributed by atoms with Crippen molar-refractivity contribution in [2.45, 2.75) is 39.7 Å². The minimum absolute atomic E-state index is 0.156. The van der Waals surface area contributed by atoms with Crippen molar-refractivity contribution in [3.05, 3.63) is 57.0 Å². The Balaban J connectivity index is 2.21. The van der Waals surface area contributed by atoms with Crippen molar-refractivity contribution in [2.75, 3.05) is 6.54 Å². The summed E-state index contributed by atoms with van der Waals surface area (Å²) in [4.78, 5) is 0. The number of aryl methyl sites for hydroxylation is 2. The largest absolute Gasteiger partial charge is 0.310 e. The minimum atomic E-state index is -0.156. The molecule has 0 amide bonds. The lowest BCUT2D eigenvalue weighted by atomic mass is 9.95. The number of hydrogen-bond acceptors (Lipinski definition) is 2. The Hall–Kier alpha value is -1.19. The van der Waals surface area contributed by atoms with Gasteiger partial charge in [0.25, 0.3) is 0 Å². The topological polar surface area (TPSA) is 12.0 Å². The van der Waals surface area contributed by atoms with Crippen LogP contribution in [-0.2, 0) is 6.42 Å². The van der Waals surface area contributed by atoms with Crippen LogP contribution in [0.15, 0.2) is 29.0 Å². The zero-order valence-electron chi connectivity index (χ0n) is 12.4. The summed E-state index contributed by atoms with van der Waals surface area (Å²) < 4.78 is 13.2. The average Bonchev–Trinajstić information content (AvgIpc) is 2.83. The second-order valence-electron chi connectivity index (χ2n) is 5.29. The first-order valence-electron chi connectivity index (χ1n) is 7.13. The molecule has 0 aliphatic heterocycles. The quantitative estimate of drug-likeness (QED) is 0.807. The molecule has 1 aromatic carbocycles. The summed E-state index contributed by atoms with van der Waals surface area (Å²) >= 11 is 1.75. The highest BCUT2D eigenvalue weighted by molar-refractivity contribution is 7.08. The molecular weight excluding hydrogens is 269 g/mol. The highest BCUT2D eigenvalue weighted by Gasteiger charge is 2.15. The lowest BCUT2D eigenvalue weighted by Crippen LogP contribution is -2.24. The summed E-state index contributed by atoms with van der Waals surface area (Å²) in [6.45, 7) is 7.31.